The summed E-state index contributed by atoms with van der Waals surface area (Å²) in [4.78, 5) is 13.7. The van der Waals surface area contributed by atoms with E-state index in [0.717, 1.165) is 45.4 Å². The molecule has 130 valence electrons. The Morgan fingerprint density at radius 3 is 2.41 bits per heavy atom. The quantitative estimate of drug-likeness (QED) is 0.493. The summed E-state index contributed by atoms with van der Waals surface area (Å²) in [6.45, 7) is 0.719. The third-order valence-electron chi connectivity index (χ3n) is 4.81. The molecule has 5 rings (SSSR count). The zero-order chi connectivity index (χ0) is 18.2. The second kappa shape index (κ2) is 6.21. The Bertz CT molecular complexity index is 1260. The van der Waals surface area contributed by atoms with Crippen LogP contribution >= 0.6 is 0 Å². The molecule has 3 aromatic carbocycles. The average molecular weight is 351 g/mol. The lowest BCUT2D eigenvalue weighted by Gasteiger charge is -2.09. The van der Waals surface area contributed by atoms with E-state index in [1.165, 1.54) is 5.56 Å². The van der Waals surface area contributed by atoms with Crippen LogP contribution in [0.5, 0.6) is 0 Å². The van der Waals surface area contributed by atoms with Gasteiger partial charge in [0.1, 0.15) is 17.5 Å². The van der Waals surface area contributed by atoms with Crippen LogP contribution in [0.15, 0.2) is 79.4 Å². The summed E-state index contributed by atoms with van der Waals surface area (Å²) in [5.74, 6) is 0. The molecule has 0 aliphatic heterocycles. The lowest BCUT2D eigenvalue weighted by atomic mass is 10.00. The molecule has 0 amide bonds. The minimum absolute atomic E-state index is 0.719. The topological polar surface area (TPSA) is 69.6 Å². The molecule has 0 saturated heterocycles. The lowest BCUT2D eigenvalue weighted by Crippen LogP contribution is -2.00. The van der Waals surface area contributed by atoms with Crippen LogP contribution in [-0.2, 0) is 6.54 Å². The fourth-order valence-corrected chi connectivity index (χ4v) is 3.50. The molecule has 5 nitrogen and oxygen atoms in total. The number of hydrogen-bond donors (Lipinski definition) is 1. The van der Waals surface area contributed by atoms with Gasteiger partial charge in [-0.05, 0) is 17.0 Å². The van der Waals surface area contributed by atoms with Crippen molar-refractivity contribution in [2.24, 2.45) is 0 Å². The monoisotopic (exact) mass is 351 g/mol. The zero-order valence-corrected chi connectivity index (χ0v) is 14.6. The minimum atomic E-state index is 0.719. The molecule has 0 unspecified atom stereocenters. The molecule has 2 aromatic heterocycles. The molecule has 0 spiro atoms. The summed E-state index contributed by atoms with van der Waals surface area (Å²) >= 11 is 0. The van der Waals surface area contributed by atoms with Crippen molar-refractivity contribution >= 4 is 27.6 Å². The smallest absolute Gasteiger partial charge is 0.164 e. The molecule has 0 aliphatic rings. The van der Waals surface area contributed by atoms with Gasteiger partial charge >= 0.3 is 0 Å². The van der Waals surface area contributed by atoms with Gasteiger partial charge in [0.15, 0.2) is 5.65 Å². The Balaban J connectivity index is 1.69. The molecule has 0 bridgehead atoms. The van der Waals surface area contributed by atoms with Gasteiger partial charge in [-0.3, -0.25) is 0 Å². The number of imidazole rings is 1. The number of fused-ring (bicyclic) bond motifs is 2. The first kappa shape index (κ1) is 15.5. The SMILES string of the molecule is Nc1ccc(-c2ncnc3c2ncn3Cc2ccccc2)c2ccccc12. The van der Waals surface area contributed by atoms with Gasteiger partial charge in [-0.1, -0.05) is 60.7 Å². The number of nitrogens with zero attached hydrogens (tertiary/aromatic N) is 4. The Kier molecular flexibility index (Phi) is 3.57. The number of benzene rings is 3. The fourth-order valence-electron chi connectivity index (χ4n) is 3.50. The highest BCUT2D eigenvalue weighted by molar-refractivity contribution is 6.05. The molecule has 0 atom stereocenters. The molecule has 0 aliphatic carbocycles. The van der Waals surface area contributed by atoms with Gasteiger partial charge in [0.2, 0.25) is 0 Å². The van der Waals surface area contributed by atoms with Crippen molar-refractivity contribution in [1.82, 2.24) is 19.5 Å². The van der Waals surface area contributed by atoms with E-state index in [-0.39, 0.29) is 0 Å². The van der Waals surface area contributed by atoms with Gasteiger partial charge in [0, 0.05) is 16.6 Å². The molecular formula is C22H17N5. The van der Waals surface area contributed by atoms with E-state index < -0.39 is 0 Å². The van der Waals surface area contributed by atoms with E-state index in [9.17, 15) is 0 Å². The van der Waals surface area contributed by atoms with Gasteiger partial charge in [0.05, 0.1) is 12.9 Å². The first-order chi connectivity index (χ1) is 13.3. The van der Waals surface area contributed by atoms with E-state index in [2.05, 4.69) is 37.7 Å². The highest BCUT2D eigenvalue weighted by Crippen LogP contribution is 2.33. The number of aromatic nitrogens is 4. The molecule has 5 heteroatoms. The molecule has 0 radical (unpaired) electrons. The second-order valence-corrected chi connectivity index (χ2v) is 6.50. The summed E-state index contributed by atoms with van der Waals surface area (Å²) in [6, 6.07) is 22.3. The maximum Gasteiger partial charge on any atom is 0.164 e. The van der Waals surface area contributed by atoms with Crippen LogP contribution < -0.4 is 5.73 Å². The molecule has 0 saturated carbocycles. The third kappa shape index (κ3) is 2.60. The predicted octanol–water partition coefficient (Wildman–Crippen LogP) is 4.28. The van der Waals surface area contributed by atoms with Gasteiger partial charge in [-0.15, -0.1) is 0 Å². The molecule has 5 aromatic rings. The van der Waals surface area contributed by atoms with Crippen LogP contribution in [0.1, 0.15) is 5.56 Å². The summed E-state index contributed by atoms with van der Waals surface area (Å²) in [7, 11) is 0. The molecule has 0 fully saturated rings. The van der Waals surface area contributed by atoms with Crippen molar-refractivity contribution in [3.05, 3.63) is 84.9 Å². The standard InChI is InChI=1S/C22H17N5/c23-19-11-10-18(16-8-4-5-9-17(16)19)20-21-22(25-13-24-20)27(14-26-21)12-15-6-2-1-3-7-15/h1-11,13-14H,12,23H2. The molecule has 2 N–H and O–H groups in total. The van der Waals surface area contributed by atoms with Crippen molar-refractivity contribution < 1.29 is 0 Å². The summed E-state index contributed by atoms with van der Waals surface area (Å²) in [5.41, 5.74) is 11.6. The minimum Gasteiger partial charge on any atom is -0.398 e. The van der Waals surface area contributed by atoms with Crippen molar-refractivity contribution in [2.75, 3.05) is 5.73 Å². The van der Waals surface area contributed by atoms with E-state index >= 15 is 0 Å². The van der Waals surface area contributed by atoms with Crippen LogP contribution in [0.2, 0.25) is 0 Å². The highest BCUT2D eigenvalue weighted by atomic mass is 15.1. The van der Waals surface area contributed by atoms with E-state index in [1.807, 2.05) is 54.9 Å². The number of hydrogen-bond acceptors (Lipinski definition) is 4. The van der Waals surface area contributed by atoms with E-state index in [4.69, 9.17) is 5.73 Å². The van der Waals surface area contributed by atoms with Gasteiger partial charge in [0.25, 0.3) is 0 Å². The van der Waals surface area contributed by atoms with Crippen molar-refractivity contribution in [1.29, 1.82) is 0 Å². The summed E-state index contributed by atoms with van der Waals surface area (Å²) < 4.78 is 2.05. The third-order valence-corrected chi connectivity index (χ3v) is 4.81. The number of anilines is 1. The van der Waals surface area contributed by atoms with Gasteiger partial charge < -0.3 is 10.3 Å². The fraction of sp³-hybridized carbons (Fsp3) is 0.0455. The van der Waals surface area contributed by atoms with Crippen LogP contribution in [0, 0.1) is 0 Å². The lowest BCUT2D eigenvalue weighted by molar-refractivity contribution is 0.813. The summed E-state index contributed by atoms with van der Waals surface area (Å²) in [6.07, 6.45) is 3.43. The van der Waals surface area contributed by atoms with E-state index in [1.54, 1.807) is 6.33 Å². The maximum absolute atomic E-state index is 6.15. The zero-order valence-electron chi connectivity index (χ0n) is 14.6. The maximum atomic E-state index is 6.15. The predicted molar refractivity (Wildman–Crippen MR) is 108 cm³/mol. The summed E-state index contributed by atoms with van der Waals surface area (Å²) in [5, 5.41) is 2.08. The molecular weight excluding hydrogens is 334 g/mol. The Morgan fingerprint density at radius 1 is 0.778 bits per heavy atom. The van der Waals surface area contributed by atoms with Gasteiger partial charge in [-0.25, -0.2) is 15.0 Å². The first-order valence-corrected chi connectivity index (χ1v) is 8.78. The second-order valence-electron chi connectivity index (χ2n) is 6.50. The van der Waals surface area contributed by atoms with Crippen molar-refractivity contribution in [2.45, 2.75) is 6.54 Å². The first-order valence-electron chi connectivity index (χ1n) is 8.78. The van der Waals surface area contributed by atoms with Crippen molar-refractivity contribution in [3.63, 3.8) is 0 Å². The van der Waals surface area contributed by atoms with Crippen LogP contribution in [0.4, 0.5) is 5.69 Å². The van der Waals surface area contributed by atoms with Crippen LogP contribution in [0.3, 0.4) is 0 Å². The Morgan fingerprint density at radius 2 is 1.56 bits per heavy atom. The normalized spacial score (nSPS) is 11.3. The molecule has 2 heterocycles. The largest absolute Gasteiger partial charge is 0.398 e. The number of nitrogen functional groups attached to an aromatic ring is 1. The van der Waals surface area contributed by atoms with E-state index in [0.29, 0.717) is 0 Å². The highest BCUT2D eigenvalue weighted by Gasteiger charge is 2.15. The van der Waals surface area contributed by atoms with Crippen molar-refractivity contribution in [3.8, 4) is 11.3 Å². The number of nitrogens with two attached hydrogens (primary N) is 1. The van der Waals surface area contributed by atoms with Crippen LogP contribution in [-0.4, -0.2) is 19.5 Å². The Hall–Kier alpha value is -3.73. The Labute approximate surface area is 156 Å². The average Bonchev–Trinajstić information content (AvgIpc) is 3.13. The number of rotatable bonds is 3. The molecule has 27 heavy (non-hydrogen) atoms. The van der Waals surface area contributed by atoms with Gasteiger partial charge in [-0.2, -0.15) is 0 Å². The van der Waals surface area contributed by atoms with Crippen LogP contribution in [0.25, 0.3) is 33.2 Å².